The van der Waals surface area contributed by atoms with E-state index < -0.39 is 17.9 Å². The zero-order valence-corrected chi connectivity index (χ0v) is 17.3. The molecule has 29 heavy (non-hydrogen) atoms. The zero-order chi connectivity index (χ0) is 21.3. The molecule has 0 saturated carbocycles. The molecule has 1 aliphatic heterocycles. The minimum Gasteiger partial charge on any atom is -0.465 e. The van der Waals surface area contributed by atoms with E-state index in [1.54, 1.807) is 45.0 Å². The maximum atomic E-state index is 12.9. The van der Waals surface area contributed by atoms with Gasteiger partial charge in [0.05, 0.1) is 30.3 Å². The molecule has 2 aromatic rings. The van der Waals surface area contributed by atoms with E-state index >= 15 is 0 Å². The molecule has 8 nitrogen and oxygen atoms in total. The van der Waals surface area contributed by atoms with Crippen molar-refractivity contribution in [2.24, 2.45) is 0 Å². The van der Waals surface area contributed by atoms with Crippen LogP contribution in [0.1, 0.15) is 48.2 Å². The number of nitrogens with zero attached hydrogens (tertiary/aromatic N) is 1. The Labute approximate surface area is 173 Å². The van der Waals surface area contributed by atoms with Gasteiger partial charge in [-0.1, -0.05) is 12.1 Å². The number of methoxy groups -OCH3 is 1. The predicted molar refractivity (Wildman–Crippen MR) is 111 cm³/mol. The second-order valence-corrected chi connectivity index (χ2v) is 7.27. The van der Waals surface area contributed by atoms with E-state index in [0.717, 1.165) is 5.56 Å². The van der Waals surface area contributed by atoms with Crippen LogP contribution in [-0.2, 0) is 14.3 Å². The number of allylic oxidation sites excluding steroid dienone is 1. The zero-order valence-electron chi connectivity index (χ0n) is 16.5. The topological polar surface area (TPSA) is 119 Å². The van der Waals surface area contributed by atoms with Crippen molar-refractivity contribution < 1.29 is 19.1 Å². The summed E-state index contributed by atoms with van der Waals surface area (Å²) < 4.78 is 10.4. The van der Waals surface area contributed by atoms with Crippen molar-refractivity contribution in [1.29, 1.82) is 0 Å². The van der Waals surface area contributed by atoms with Crippen LogP contribution in [0, 0.1) is 4.77 Å². The molecule has 152 valence electrons. The summed E-state index contributed by atoms with van der Waals surface area (Å²) in [4.78, 5) is 31.9. The lowest BCUT2D eigenvalue weighted by Gasteiger charge is -2.30. The van der Waals surface area contributed by atoms with E-state index in [0.29, 0.717) is 34.0 Å². The number of aromatic amines is 1. The highest BCUT2D eigenvalue weighted by Gasteiger charge is 2.36. The number of carbonyl (C=O) groups is 2. The number of benzene rings is 1. The molecule has 0 bridgehead atoms. The Bertz CT molecular complexity index is 1060. The molecule has 3 rings (SSSR count). The number of anilines is 2. The number of H-pyrrole nitrogens is 1. The van der Waals surface area contributed by atoms with Crippen LogP contribution in [0.15, 0.2) is 35.5 Å². The monoisotopic (exact) mass is 414 g/mol. The Hall–Kier alpha value is -3.20. The molecule has 0 aliphatic carbocycles. The first-order chi connectivity index (χ1) is 13.7. The van der Waals surface area contributed by atoms with Gasteiger partial charge in [-0.2, -0.15) is 0 Å². The van der Waals surface area contributed by atoms with Crippen LogP contribution in [0.25, 0.3) is 0 Å². The number of nitrogens with one attached hydrogen (secondary N) is 2. The molecule has 1 unspecified atom stereocenters. The standard InChI is InChI=1S/C20H22N4O4S/c1-9(2)28-19(26)13-10(3)22-17-15(16(21)23-20(29)24-17)14(13)11-5-7-12(8-6-11)18(25)27-4/h5-9,14H,1-4H3,(H4,21,22,23,24,29). The largest absolute Gasteiger partial charge is 0.465 e. The second-order valence-electron chi connectivity index (χ2n) is 6.88. The maximum Gasteiger partial charge on any atom is 0.337 e. The van der Waals surface area contributed by atoms with Crippen LogP contribution < -0.4 is 11.1 Å². The molecule has 1 aromatic heterocycles. The summed E-state index contributed by atoms with van der Waals surface area (Å²) in [6.45, 7) is 5.34. The number of nitrogen functional groups attached to an aromatic ring is 1. The number of rotatable bonds is 4. The van der Waals surface area contributed by atoms with Gasteiger partial charge in [-0.3, -0.25) is 0 Å². The van der Waals surface area contributed by atoms with Crippen molar-refractivity contribution in [2.45, 2.75) is 32.8 Å². The number of hydrogen-bond donors (Lipinski definition) is 3. The highest BCUT2D eigenvalue weighted by molar-refractivity contribution is 7.71. The van der Waals surface area contributed by atoms with Gasteiger partial charge in [-0.15, -0.1) is 0 Å². The van der Waals surface area contributed by atoms with E-state index in [9.17, 15) is 9.59 Å². The Morgan fingerprint density at radius 2 is 1.86 bits per heavy atom. The number of esters is 2. The Kier molecular flexibility index (Phi) is 5.69. The summed E-state index contributed by atoms with van der Waals surface area (Å²) in [6, 6.07) is 6.78. The van der Waals surface area contributed by atoms with E-state index in [2.05, 4.69) is 15.3 Å². The highest BCUT2D eigenvalue weighted by atomic mass is 32.1. The third kappa shape index (κ3) is 4.00. The van der Waals surface area contributed by atoms with Crippen molar-refractivity contribution in [1.82, 2.24) is 9.97 Å². The van der Waals surface area contributed by atoms with E-state index in [-0.39, 0.29) is 10.9 Å². The predicted octanol–water partition coefficient (Wildman–Crippen LogP) is 3.29. The lowest BCUT2D eigenvalue weighted by atomic mass is 9.81. The fraction of sp³-hybridized carbons (Fsp3) is 0.300. The first-order valence-electron chi connectivity index (χ1n) is 8.99. The SMILES string of the molecule is COC(=O)c1ccc(C2C(C(=O)OC(C)C)=C(C)Nc3nc(=S)[nH]c(N)c32)cc1. The molecule has 4 N–H and O–H groups in total. The van der Waals surface area contributed by atoms with Gasteiger partial charge in [0, 0.05) is 11.3 Å². The van der Waals surface area contributed by atoms with Crippen LogP contribution in [0.2, 0.25) is 0 Å². The Balaban J connectivity index is 2.19. The van der Waals surface area contributed by atoms with Crippen LogP contribution in [0.4, 0.5) is 11.6 Å². The van der Waals surface area contributed by atoms with Crippen LogP contribution in [0.3, 0.4) is 0 Å². The molecule has 0 amide bonds. The van der Waals surface area contributed by atoms with Gasteiger partial charge in [-0.05, 0) is 50.7 Å². The molecular formula is C20H22N4O4S. The minimum atomic E-state index is -0.552. The number of nitrogens with two attached hydrogens (primary N) is 1. The fourth-order valence-corrected chi connectivity index (χ4v) is 3.51. The first kappa shape index (κ1) is 20.5. The lowest BCUT2D eigenvalue weighted by Crippen LogP contribution is -2.27. The van der Waals surface area contributed by atoms with Gasteiger partial charge in [0.1, 0.15) is 11.6 Å². The summed E-state index contributed by atoms with van der Waals surface area (Å²) >= 11 is 5.13. The average Bonchev–Trinajstić information content (AvgIpc) is 2.65. The summed E-state index contributed by atoms with van der Waals surface area (Å²) in [6.07, 6.45) is -0.288. The van der Waals surface area contributed by atoms with Crippen molar-refractivity contribution in [2.75, 3.05) is 18.2 Å². The normalized spacial score (nSPS) is 15.6. The molecule has 1 aliphatic rings. The molecule has 1 aromatic carbocycles. The van der Waals surface area contributed by atoms with Crippen LogP contribution >= 0.6 is 12.2 Å². The van der Waals surface area contributed by atoms with Crippen molar-refractivity contribution in [3.63, 3.8) is 0 Å². The van der Waals surface area contributed by atoms with E-state index in [1.807, 2.05) is 0 Å². The van der Waals surface area contributed by atoms with E-state index in [4.69, 9.17) is 27.4 Å². The molecule has 2 heterocycles. The number of fused-ring (bicyclic) bond motifs is 1. The second kappa shape index (κ2) is 8.04. The van der Waals surface area contributed by atoms with Gasteiger partial charge in [0.15, 0.2) is 4.77 Å². The maximum absolute atomic E-state index is 12.9. The summed E-state index contributed by atoms with van der Waals surface area (Å²) in [5, 5.41) is 3.11. The first-order valence-corrected chi connectivity index (χ1v) is 9.40. The summed E-state index contributed by atoms with van der Waals surface area (Å²) in [5.41, 5.74) is 8.97. The van der Waals surface area contributed by atoms with Gasteiger partial charge in [-0.25, -0.2) is 14.6 Å². The molecule has 9 heteroatoms. The van der Waals surface area contributed by atoms with Crippen LogP contribution in [-0.4, -0.2) is 35.1 Å². The molecule has 0 spiro atoms. The average molecular weight is 414 g/mol. The Morgan fingerprint density at radius 1 is 1.21 bits per heavy atom. The molecule has 0 fully saturated rings. The van der Waals surface area contributed by atoms with E-state index in [1.165, 1.54) is 7.11 Å². The lowest BCUT2D eigenvalue weighted by molar-refractivity contribution is -0.143. The van der Waals surface area contributed by atoms with Gasteiger partial charge in [0.2, 0.25) is 0 Å². The van der Waals surface area contributed by atoms with Crippen LogP contribution in [0.5, 0.6) is 0 Å². The van der Waals surface area contributed by atoms with Gasteiger partial charge >= 0.3 is 11.9 Å². The van der Waals surface area contributed by atoms with Gasteiger partial charge < -0.3 is 25.5 Å². The number of hydrogen-bond acceptors (Lipinski definition) is 8. The Morgan fingerprint density at radius 3 is 2.45 bits per heavy atom. The minimum absolute atomic E-state index is 0.231. The number of aromatic nitrogens is 2. The summed E-state index contributed by atoms with van der Waals surface area (Å²) in [7, 11) is 1.32. The molecule has 1 atom stereocenters. The quantitative estimate of drug-likeness (QED) is 0.515. The van der Waals surface area contributed by atoms with Crippen molar-refractivity contribution in [3.05, 3.63) is 57.0 Å². The molecule has 0 saturated heterocycles. The smallest absolute Gasteiger partial charge is 0.337 e. The third-order valence-corrected chi connectivity index (χ3v) is 4.71. The fourth-order valence-electron chi connectivity index (χ4n) is 3.30. The highest BCUT2D eigenvalue weighted by Crippen LogP contribution is 2.43. The van der Waals surface area contributed by atoms with Gasteiger partial charge in [0.25, 0.3) is 0 Å². The number of carbonyl (C=O) groups excluding carboxylic acids is 2. The number of ether oxygens (including phenoxy) is 2. The molecular weight excluding hydrogens is 392 g/mol. The molecule has 0 radical (unpaired) electrons. The van der Waals surface area contributed by atoms with Crippen molar-refractivity contribution >= 4 is 35.8 Å². The summed E-state index contributed by atoms with van der Waals surface area (Å²) in [5.74, 6) is -0.675. The third-order valence-electron chi connectivity index (χ3n) is 4.52. The van der Waals surface area contributed by atoms with Crippen molar-refractivity contribution in [3.8, 4) is 0 Å².